The maximum absolute atomic E-state index is 10.5. The molecule has 1 heterocycles. The van der Waals surface area contributed by atoms with Crippen LogP contribution in [0.25, 0.3) is 0 Å². The van der Waals surface area contributed by atoms with Gasteiger partial charge >= 0.3 is 0 Å². The highest BCUT2D eigenvalue weighted by molar-refractivity contribution is 5.31. The molecule has 0 amide bonds. The Morgan fingerprint density at radius 3 is 2.67 bits per heavy atom. The summed E-state index contributed by atoms with van der Waals surface area (Å²) in [5, 5.41) is 14.5. The van der Waals surface area contributed by atoms with Crippen LogP contribution in [0, 0.1) is 5.92 Å². The molecule has 1 atom stereocenters. The maximum Gasteiger partial charge on any atom is 0.162 e. The predicted octanol–water partition coefficient (Wildman–Crippen LogP) is 0.231. The number of nitrogens with two attached hydrogens (primary N) is 1. The molecule has 5 heteroatoms. The molecule has 0 spiro atoms. The van der Waals surface area contributed by atoms with E-state index < -0.39 is 5.60 Å². The molecule has 0 aliphatic rings. The Bertz CT molecular complexity index is 335. The molecule has 0 aliphatic carbocycles. The van der Waals surface area contributed by atoms with E-state index in [2.05, 4.69) is 5.10 Å². The summed E-state index contributed by atoms with van der Waals surface area (Å²) in [5.74, 6) is 0.561. The second-order valence-corrected chi connectivity index (χ2v) is 3.97. The van der Waals surface area contributed by atoms with Crippen molar-refractivity contribution < 1.29 is 9.84 Å². The van der Waals surface area contributed by atoms with Gasteiger partial charge in [-0.2, -0.15) is 5.10 Å². The summed E-state index contributed by atoms with van der Waals surface area (Å²) in [7, 11) is 3.32. The van der Waals surface area contributed by atoms with Crippen LogP contribution in [-0.4, -0.2) is 28.5 Å². The number of rotatable bonds is 4. The first-order chi connectivity index (χ1) is 6.97. The molecule has 0 fully saturated rings. The average Bonchev–Trinajstić information content (AvgIpc) is 2.58. The largest absolute Gasteiger partial charge is 0.493 e. The lowest BCUT2D eigenvalue weighted by Gasteiger charge is -2.31. The van der Waals surface area contributed by atoms with E-state index in [0.717, 1.165) is 0 Å². The predicted molar refractivity (Wildman–Crippen MR) is 57.5 cm³/mol. The van der Waals surface area contributed by atoms with Gasteiger partial charge in [-0.15, -0.1) is 0 Å². The number of ether oxygens (including phenoxy) is 1. The Kier molecular flexibility index (Phi) is 3.36. The molecule has 1 unspecified atom stereocenters. The molecule has 0 aliphatic heterocycles. The van der Waals surface area contributed by atoms with Crippen LogP contribution in [0.5, 0.6) is 5.75 Å². The minimum atomic E-state index is -1.10. The number of hydrogen-bond acceptors (Lipinski definition) is 4. The molecular formula is C10H19N3O2. The summed E-state index contributed by atoms with van der Waals surface area (Å²) in [6, 6.07) is 0. The Morgan fingerprint density at radius 1 is 1.67 bits per heavy atom. The first-order valence-electron chi connectivity index (χ1n) is 4.96. The van der Waals surface area contributed by atoms with Crippen LogP contribution in [-0.2, 0) is 12.6 Å². The summed E-state index contributed by atoms with van der Waals surface area (Å²) in [6.45, 7) is 3.97. The summed E-state index contributed by atoms with van der Waals surface area (Å²) >= 11 is 0. The normalized spacial score (nSPS) is 15.4. The van der Waals surface area contributed by atoms with Crippen LogP contribution < -0.4 is 10.5 Å². The van der Waals surface area contributed by atoms with Gasteiger partial charge in [0.2, 0.25) is 0 Å². The van der Waals surface area contributed by atoms with Gasteiger partial charge in [-0.05, 0) is 5.92 Å². The second kappa shape index (κ2) is 4.20. The molecule has 5 nitrogen and oxygen atoms in total. The standard InChI is InChI=1S/C10H19N3O2/c1-7(2)10(14,6-11)9-8(15-4)5-12-13(9)3/h5,7,14H,6,11H2,1-4H3. The third-order valence-corrected chi connectivity index (χ3v) is 2.80. The molecule has 1 rings (SSSR count). The molecule has 1 aromatic rings. The Balaban J connectivity index is 3.28. The Labute approximate surface area is 89.8 Å². The van der Waals surface area contributed by atoms with Gasteiger partial charge in [0, 0.05) is 13.6 Å². The van der Waals surface area contributed by atoms with E-state index in [9.17, 15) is 5.11 Å². The smallest absolute Gasteiger partial charge is 0.162 e. The van der Waals surface area contributed by atoms with Gasteiger partial charge in [0.15, 0.2) is 5.75 Å². The summed E-state index contributed by atoms with van der Waals surface area (Å²) in [5.41, 5.74) is 5.17. The fraction of sp³-hybridized carbons (Fsp3) is 0.700. The van der Waals surface area contributed by atoms with Crippen molar-refractivity contribution in [1.82, 2.24) is 9.78 Å². The van der Waals surface area contributed by atoms with Crippen molar-refractivity contribution in [1.29, 1.82) is 0 Å². The lowest BCUT2D eigenvalue weighted by molar-refractivity contribution is -0.0106. The molecule has 15 heavy (non-hydrogen) atoms. The topological polar surface area (TPSA) is 73.3 Å². The van der Waals surface area contributed by atoms with Gasteiger partial charge in [-0.3, -0.25) is 4.68 Å². The van der Waals surface area contributed by atoms with Gasteiger partial charge in [0.1, 0.15) is 11.3 Å². The molecule has 0 saturated heterocycles. The van der Waals surface area contributed by atoms with E-state index in [1.165, 1.54) is 0 Å². The number of hydrogen-bond donors (Lipinski definition) is 2. The molecule has 1 aromatic heterocycles. The van der Waals surface area contributed by atoms with Crippen LogP contribution in [0.1, 0.15) is 19.5 Å². The van der Waals surface area contributed by atoms with Crippen LogP contribution in [0.3, 0.4) is 0 Å². The number of nitrogens with zero attached hydrogens (tertiary/aromatic N) is 2. The van der Waals surface area contributed by atoms with Gasteiger partial charge in [0.05, 0.1) is 13.3 Å². The maximum atomic E-state index is 10.5. The van der Waals surface area contributed by atoms with Gasteiger partial charge in [-0.25, -0.2) is 0 Å². The van der Waals surface area contributed by atoms with Crippen LogP contribution in [0.15, 0.2) is 6.20 Å². The van der Waals surface area contributed by atoms with Crippen LogP contribution in [0.4, 0.5) is 0 Å². The van der Waals surface area contributed by atoms with E-state index in [1.54, 1.807) is 25.0 Å². The molecule has 3 N–H and O–H groups in total. The van der Waals surface area contributed by atoms with Crippen molar-refractivity contribution in [3.05, 3.63) is 11.9 Å². The zero-order chi connectivity index (χ0) is 11.6. The SMILES string of the molecule is COc1cnn(C)c1C(O)(CN)C(C)C. The zero-order valence-corrected chi connectivity index (χ0v) is 9.69. The Hall–Kier alpha value is -1.07. The van der Waals surface area contributed by atoms with Crippen molar-refractivity contribution in [2.45, 2.75) is 19.4 Å². The highest BCUT2D eigenvalue weighted by Gasteiger charge is 2.37. The molecule has 0 aromatic carbocycles. The Morgan fingerprint density at radius 2 is 2.27 bits per heavy atom. The number of aromatic nitrogens is 2. The van der Waals surface area contributed by atoms with Gasteiger partial charge in [0.25, 0.3) is 0 Å². The average molecular weight is 213 g/mol. The van der Waals surface area contributed by atoms with Crippen molar-refractivity contribution in [3.8, 4) is 5.75 Å². The van der Waals surface area contributed by atoms with E-state index >= 15 is 0 Å². The van der Waals surface area contributed by atoms with E-state index in [-0.39, 0.29) is 12.5 Å². The van der Waals surface area contributed by atoms with Crippen molar-refractivity contribution in [3.63, 3.8) is 0 Å². The number of aliphatic hydroxyl groups is 1. The highest BCUT2D eigenvalue weighted by atomic mass is 16.5. The van der Waals surface area contributed by atoms with Crippen molar-refractivity contribution in [2.75, 3.05) is 13.7 Å². The first-order valence-corrected chi connectivity index (χ1v) is 4.96. The second-order valence-electron chi connectivity index (χ2n) is 3.97. The minimum Gasteiger partial charge on any atom is -0.493 e. The highest BCUT2D eigenvalue weighted by Crippen LogP contribution is 2.34. The number of aryl methyl sites for hydroxylation is 1. The quantitative estimate of drug-likeness (QED) is 0.751. The minimum absolute atomic E-state index is 0.00759. The van der Waals surface area contributed by atoms with E-state index in [1.807, 2.05) is 13.8 Å². The zero-order valence-electron chi connectivity index (χ0n) is 9.69. The summed E-state index contributed by atoms with van der Waals surface area (Å²) in [6.07, 6.45) is 1.58. The molecule has 86 valence electrons. The van der Waals surface area contributed by atoms with Gasteiger partial charge in [-0.1, -0.05) is 13.8 Å². The number of methoxy groups -OCH3 is 1. The van der Waals surface area contributed by atoms with E-state index in [0.29, 0.717) is 11.4 Å². The lowest BCUT2D eigenvalue weighted by Crippen LogP contribution is -2.41. The third kappa shape index (κ3) is 1.85. The molecule has 0 radical (unpaired) electrons. The van der Waals surface area contributed by atoms with Crippen LogP contribution >= 0.6 is 0 Å². The monoisotopic (exact) mass is 213 g/mol. The van der Waals surface area contributed by atoms with E-state index in [4.69, 9.17) is 10.5 Å². The molecule has 0 bridgehead atoms. The van der Waals surface area contributed by atoms with Crippen molar-refractivity contribution >= 4 is 0 Å². The van der Waals surface area contributed by atoms with Crippen molar-refractivity contribution in [2.24, 2.45) is 18.7 Å². The third-order valence-electron chi connectivity index (χ3n) is 2.80. The van der Waals surface area contributed by atoms with Crippen LogP contribution in [0.2, 0.25) is 0 Å². The molecular weight excluding hydrogens is 194 g/mol. The fourth-order valence-corrected chi connectivity index (χ4v) is 1.67. The summed E-state index contributed by atoms with van der Waals surface area (Å²) in [4.78, 5) is 0. The van der Waals surface area contributed by atoms with Gasteiger partial charge < -0.3 is 15.6 Å². The summed E-state index contributed by atoms with van der Waals surface area (Å²) < 4.78 is 6.77. The molecule has 0 saturated carbocycles. The lowest BCUT2D eigenvalue weighted by atomic mass is 9.86. The fourth-order valence-electron chi connectivity index (χ4n) is 1.67. The first kappa shape index (κ1) is 12.0.